The number of aliphatic imine (C=N–C) groups is 1. The van der Waals surface area contributed by atoms with Crippen molar-refractivity contribution >= 4 is 15.1 Å². The summed E-state index contributed by atoms with van der Waals surface area (Å²) in [5.41, 5.74) is 2.40. The number of hydrogen-bond acceptors (Lipinski definition) is 2. The van der Waals surface area contributed by atoms with Crippen LogP contribution in [0.5, 0.6) is 0 Å². The van der Waals surface area contributed by atoms with Gasteiger partial charge in [0.1, 0.15) is 6.61 Å². The lowest BCUT2D eigenvalue weighted by Crippen LogP contribution is -2.04. The predicted octanol–water partition coefficient (Wildman–Crippen LogP) is 3.25. The van der Waals surface area contributed by atoms with Gasteiger partial charge in [-0.2, -0.15) is 0 Å². The van der Waals surface area contributed by atoms with Crippen molar-refractivity contribution < 1.29 is 4.74 Å². The molecule has 1 unspecified atom stereocenters. The lowest BCUT2D eigenvalue weighted by molar-refractivity contribution is 0.324. The van der Waals surface area contributed by atoms with Crippen molar-refractivity contribution in [3.05, 3.63) is 35.4 Å². The molecule has 0 aliphatic carbocycles. The molecule has 0 fully saturated rings. The maximum absolute atomic E-state index is 5.53. The van der Waals surface area contributed by atoms with Gasteiger partial charge in [-0.05, 0) is 24.7 Å². The summed E-state index contributed by atoms with van der Waals surface area (Å²) < 4.78 is 5.53. The molecule has 1 aliphatic heterocycles. The van der Waals surface area contributed by atoms with Crippen molar-refractivity contribution in [3.8, 4) is 0 Å². The highest BCUT2D eigenvalue weighted by Gasteiger charge is 2.17. The molecule has 0 N–H and O–H groups in total. The second-order valence-corrected chi connectivity index (χ2v) is 3.86. The molecule has 3 heteroatoms. The molecular weight excluding hydrogens is 217 g/mol. The highest BCUT2D eigenvalue weighted by Crippen LogP contribution is 2.18. The lowest BCUT2D eigenvalue weighted by Gasteiger charge is -2.06. The van der Waals surface area contributed by atoms with Gasteiger partial charge in [-0.1, -0.05) is 32.0 Å². The Labute approximate surface area is 100 Å². The van der Waals surface area contributed by atoms with Crippen LogP contribution < -0.4 is 0 Å². The third-order valence-electron chi connectivity index (χ3n) is 2.27. The van der Waals surface area contributed by atoms with E-state index >= 15 is 0 Å². The molecule has 1 heterocycles. The Morgan fingerprint density at radius 2 is 2.06 bits per heavy atom. The molecular formula is C13H20NOP. The minimum Gasteiger partial charge on any atom is -0.475 e. The summed E-state index contributed by atoms with van der Waals surface area (Å²) in [6.45, 7) is 6.77. The molecule has 0 amide bonds. The maximum Gasteiger partial charge on any atom is 0.216 e. The molecule has 0 bridgehead atoms. The normalized spacial score (nSPS) is 18.2. The highest BCUT2D eigenvalue weighted by atomic mass is 31.0. The summed E-state index contributed by atoms with van der Waals surface area (Å²) in [5.74, 6) is 0.801. The predicted molar refractivity (Wildman–Crippen MR) is 73.2 cm³/mol. The number of ether oxygens (including phenoxy) is 1. The zero-order chi connectivity index (χ0) is 12.0. The highest BCUT2D eigenvalue weighted by molar-refractivity contribution is 7.15. The first-order valence-corrected chi connectivity index (χ1v) is 6.62. The molecule has 2 atom stereocenters. The molecule has 1 aliphatic rings. The van der Waals surface area contributed by atoms with Gasteiger partial charge in [-0.3, -0.25) is 0 Å². The first-order chi connectivity index (χ1) is 7.81. The van der Waals surface area contributed by atoms with Gasteiger partial charge in [-0.15, -0.1) is 9.24 Å². The second kappa shape index (κ2) is 6.65. The van der Waals surface area contributed by atoms with Crippen LogP contribution >= 0.6 is 9.24 Å². The third-order valence-corrected chi connectivity index (χ3v) is 2.71. The topological polar surface area (TPSA) is 21.6 Å². The molecule has 88 valence electrons. The smallest absolute Gasteiger partial charge is 0.216 e. The van der Waals surface area contributed by atoms with Gasteiger partial charge in [0, 0.05) is 5.56 Å². The summed E-state index contributed by atoms with van der Waals surface area (Å²) in [7, 11) is 2.73. The van der Waals surface area contributed by atoms with Crippen LogP contribution in [0, 0.1) is 0 Å². The van der Waals surface area contributed by atoms with E-state index in [0.29, 0.717) is 12.6 Å². The lowest BCUT2D eigenvalue weighted by atomic mass is 10.1. The first-order valence-electron chi connectivity index (χ1n) is 5.80. The van der Waals surface area contributed by atoms with E-state index < -0.39 is 0 Å². The van der Waals surface area contributed by atoms with E-state index in [0.717, 1.165) is 17.6 Å². The summed E-state index contributed by atoms with van der Waals surface area (Å²) in [6, 6.07) is 8.53. The van der Waals surface area contributed by atoms with Crippen molar-refractivity contribution in [1.82, 2.24) is 0 Å². The van der Waals surface area contributed by atoms with Crippen molar-refractivity contribution in [2.45, 2.75) is 33.0 Å². The van der Waals surface area contributed by atoms with Gasteiger partial charge in [0.2, 0.25) is 5.90 Å². The number of rotatable bonds is 2. The number of nitrogens with zero attached hydrogens (tertiary/aromatic N) is 1. The van der Waals surface area contributed by atoms with Crippen molar-refractivity contribution in [2.24, 2.45) is 4.99 Å². The summed E-state index contributed by atoms with van der Waals surface area (Å²) in [5, 5.41) is 0. The summed E-state index contributed by atoms with van der Waals surface area (Å²) in [4.78, 5) is 4.45. The van der Waals surface area contributed by atoms with Crippen LogP contribution in [0.3, 0.4) is 0 Å². The fraction of sp³-hybridized carbons (Fsp3) is 0.462. The molecule has 16 heavy (non-hydrogen) atoms. The van der Waals surface area contributed by atoms with Crippen molar-refractivity contribution in [2.75, 3.05) is 6.61 Å². The molecule has 0 saturated heterocycles. The Kier molecular flexibility index (Phi) is 5.48. The molecule has 0 spiro atoms. The van der Waals surface area contributed by atoms with E-state index in [4.69, 9.17) is 4.74 Å². The monoisotopic (exact) mass is 237 g/mol. The quantitative estimate of drug-likeness (QED) is 0.723. The SMILES string of the molecule is CC.C[C@H]1COC(c2ccccc2CP)=N1. The number of hydrogen-bond donors (Lipinski definition) is 0. The minimum atomic E-state index is 0.294. The molecule has 0 radical (unpaired) electrons. The fourth-order valence-electron chi connectivity index (χ4n) is 1.53. The average Bonchev–Trinajstić information content (AvgIpc) is 2.78. The van der Waals surface area contributed by atoms with Crippen LogP contribution in [0.1, 0.15) is 31.9 Å². The van der Waals surface area contributed by atoms with Gasteiger partial charge >= 0.3 is 0 Å². The Hall–Kier alpha value is -0.880. The van der Waals surface area contributed by atoms with Crippen LogP contribution in [0.15, 0.2) is 29.3 Å². The third kappa shape index (κ3) is 3.05. The van der Waals surface area contributed by atoms with Gasteiger partial charge in [-0.25, -0.2) is 4.99 Å². The maximum atomic E-state index is 5.53. The molecule has 1 aromatic rings. The van der Waals surface area contributed by atoms with Gasteiger partial charge < -0.3 is 4.74 Å². The molecule has 0 saturated carbocycles. The van der Waals surface area contributed by atoms with E-state index in [-0.39, 0.29) is 0 Å². The van der Waals surface area contributed by atoms with Gasteiger partial charge in [0.25, 0.3) is 0 Å². The molecule has 2 nitrogen and oxygen atoms in total. The summed E-state index contributed by atoms with van der Waals surface area (Å²) >= 11 is 0. The Balaban J connectivity index is 0.000000606. The van der Waals surface area contributed by atoms with Crippen LogP contribution in [0.2, 0.25) is 0 Å². The van der Waals surface area contributed by atoms with Crippen molar-refractivity contribution in [1.29, 1.82) is 0 Å². The first kappa shape index (κ1) is 13.2. The fourth-order valence-corrected chi connectivity index (χ4v) is 1.88. The summed E-state index contributed by atoms with van der Waals surface area (Å²) in [6.07, 6.45) is 0.937. The zero-order valence-electron chi connectivity index (χ0n) is 10.2. The second-order valence-electron chi connectivity index (χ2n) is 3.46. The van der Waals surface area contributed by atoms with Crippen LogP contribution in [0.25, 0.3) is 0 Å². The van der Waals surface area contributed by atoms with E-state index in [1.807, 2.05) is 26.0 Å². The van der Waals surface area contributed by atoms with E-state index in [1.165, 1.54) is 5.56 Å². The Morgan fingerprint density at radius 3 is 2.62 bits per heavy atom. The Morgan fingerprint density at radius 1 is 1.38 bits per heavy atom. The molecule has 0 aromatic heterocycles. The largest absolute Gasteiger partial charge is 0.475 e. The van der Waals surface area contributed by atoms with E-state index in [9.17, 15) is 0 Å². The standard InChI is InChI=1S/C11H14NOP.C2H6/c1-8-6-13-11(12-8)10-5-3-2-4-9(10)7-14;1-2/h2-5,8H,6-7,14H2,1H3;1-2H3/t8-;/m0./s1. The van der Waals surface area contributed by atoms with Crippen molar-refractivity contribution in [3.63, 3.8) is 0 Å². The van der Waals surface area contributed by atoms with Crippen LogP contribution in [-0.2, 0) is 10.9 Å². The minimum absolute atomic E-state index is 0.294. The molecule has 1 aromatic carbocycles. The number of benzene rings is 1. The molecule has 2 rings (SSSR count). The zero-order valence-corrected chi connectivity index (χ0v) is 11.4. The van der Waals surface area contributed by atoms with E-state index in [2.05, 4.69) is 33.3 Å². The van der Waals surface area contributed by atoms with E-state index in [1.54, 1.807) is 0 Å². The average molecular weight is 237 g/mol. The Bertz CT molecular complexity index is 363. The van der Waals surface area contributed by atoms with Crippen LogP contribution in [-0.4, -0.2) is 18.5 Å². The van der Waals surface area contributed by atoms with Gasteiger partial charge in [0.15, 0.2) is 0 Å². The van der Waals surface area contributed by atoms with Gasteiger partial charge in [0.05, 0.1) is 6.04 Å². The van der Waals surface area contributed by atoms with Crippen LogP contribution in [0.4, 0.5) is 0 Å².